The lowest BCUT2D eigenvalue weighted by atomic mass is 10.1. The Morgan fingerprint density at radius 3 is 2.93 bits per heavy atom. The van der Waals surface area contributed by atoms with Crippen molar-refractivity contribution >= 4 is 10.9 Å². The monoisotopic (exact) mass is 191 g/mol. The van der Waals surface area contributed by atoms with Crippen LogP contribution in [0.2, 0.25) is 0 Å². The van der Waals surface area contributed by atoms with Crippen LogP contribution in [0.4, 0.5) is 0 Å². The summed E-state index contributed by atoms with van der Waals surface area (Å²) in [6, 6.07) is 3.92. The number of methoxy groups -OCH3 is 1. The van der Waals surface area contributed by atoms with E-state index >= 15 is 0 Å². The first-order chi connectivity index (χ1) is 6.76. The van der Waals surface area contributed by atoms with E-state index in [1.165, 1.54) is 0 Å². The molecule has 0 unspecified atom stereocenters. The second-order valence-corrected chi connectivity index (χ2v) is 3.23. The number of H-pyrrole nitrogens is 1. The van der Waals surface area contributed by atoms with Crippen molar-refractivity contribution < 1.29 is 4.74 Å². The predicted molar refractivity (Wildman–Crippen MR) is 55.3 cm³/mol. The quantitative estimate of drug-likeness (QED) is 0.752. The molecule has 0 bridgehead atoms. The molecule has 0 atom stereocenters. The Morgan fingerprint density at radius 1 is 1.50 bits per heavy atom. The van der Waals surface area contributed by atoms with Crippen molar-refractivity contribution in [1.82, 2.24) is 10.2 Å². The number of aromatic nitrogens is 2. The van der Waals surface area contributed by atoms with E-state index in [2.05, 4.69) is 10.2 Å². The van der Waals surface area contributed by atoms with E-state index in [-0.39, 0.29) is 0 Å². The van der Waals surface area contributed by atoms with Gasteiger partial charge in [-0.25, -0.2) is 0 Å². The highest BCUT2D eigenvalue weighted by Crippen LogP contribution is 2.25. The van der Waals surface area contributed by atoms with Gasteiger partial charge in [-0.05, 0) is 13.0 Å². The summed E-state index contributed by atoms with van der Waals surface area (Å²) in [5.41, 5.74) is 8.60. The van der Waals surface area contributed by atoms with E-state index in [4.69, 9.17) is 10.5 Å². The Labute approximate surface area is 82.1 Å². The van der Waals surface area contributed by atoms with Crippen LogP contribution in [0.1, 0.15) is 11.3 Å². The third kappa shape index (κ3) is 1.24. The number of nitrogens with two attached hydrogens (primary N) is 1. The first-order valence-corrected chi connectivity index (χ1v) is 4.48. The minimum Gasteiger partial charge on any atom is -0.496 e. The van der Waals surface area contributed by atoms with Crippen LogP contribution in [0.25, 0.3) is 10.9 Å². The van der Waals surface area contributed by atoms with E-state index in [0.717, 1.165) is 27.9 Å². The summed E-state index contributed by atoms with van der Waals surface area (Å²) in [5, 5.41) is 8.19. The molecule has 0 spiro atoms. The van der Waals surface area contributed by atoms with Crippen LogP contribution in [0.3, 0.4) is 0 Å². The number of nitrogens with zero attached hydrogens (tertiary/aromatic N) is 1. The molecular formula is C10H13N3O. The van der Waals surface area contributed by atoms with Crippen LogP contribution < -0.4 is 10.5 Å². The van der Waals surface area contributed by atoms with Crippen LogP contribution in [-0.4, -0.2) is 17.3 Å². The molecule has 0 fully saturated rings. The van der Waals surface area contributed by atoms with Crippen LogP contribution in [0, 0.1) is 6.92 Å². The average molecular weight is 191 g/mol. The molecule has 1 aromatic heterocycles. The summed E-state index contributed by atoms with van der Waals surface area (Å²) >= 11 is 0. The van der Waals surface area contributed by atoms with E-state index in [1.54, 1.807) is 7.11 Å². The molecular weight excluding hydrogens is 178 g/mol. The van der Waals surface area contributed by atoms with Gasteiger partial charge in [0.15, 0.2) is 0 Å². The molecule has 0 saturated carbocycles. The Hall–Kier alpha value is -1.55. The van der Waals surface area contributed by atoms with Crippen molar-refractivity contribution in [1.29, 1.82) is 0 Å². The van der Waals surface area contributed by atoms with Crippen molar-refractivity contribution in [3.63, 3.8) is 0 Å². The van der Waals surface area contributed by atoms with Crippen molar-refractivity contribution in [2.24, 2.45) is 5.73 Å². The molecule has 1 aromatic carbocycles. The largest absolute Gasteiger partial charge is 0.496 e. The van der Waals surface area contributed by atoms with Gasteiger partial charge >= 0.3 is 0 Å². The van der Waals surface area contributed by atoms with Gasteiger partial charge in [0.1, 0.15) is 5.75 Å². The van der Waals surface area contributed by atoms with Crippen LogP contribution in [0.5, 0.6) is 5.75 Å². The standard InChI is InChI=1S/C10H13N3O/c1-6-8-3-7(5-11)10(14-2)4-9(8)13-12-6/h3-4H,5,11H2,1-2H3,(H,12,13). The zero-order valence-corrected chi connectivity index (χ0v) is 8.29. The highest BCUT2D eigenvalue weighted by atomic mass is 16.5. The van der Waals surface area contributed by atoms with Gasteiger partial charge in [0.2, 0.25) is 0 Å². The van der Waals surface area contributed by atoms with E-state index < -0.39 is 0 Å². The van der Waals surface area contributed by atoms with E-state index in [1.807, 2.05) is 19.1 Å². The fourth-order valence-electron chi connectivity index (χ4n) is 1.56. The molecule has 0 saturated heterocycles. The lowest BCUT2D eigenvalue weighted by Crippen LogP contribution is -1.99. The van der Waals surface area contributed by atoms with Gasteiger partial charge < -0.3 is 10.5 Å². The summed E-state index contributed by atoms with van der Waals surface area (Å²) in [6.45, 7) is 2.46. The van der Waals surface area contributed by atoms with Crippen LogP contribution in [-0.2, 0) is 6.54 Å². The Kier molecular flexibility index (Phi) is 2.13. The maximum absolute atomic E-state index is 5.63. The Balaban J connectivity index is 2.71. The third-order valence-corrected chi connectivity index (χ3v) is 2.37. The normalized spacial score (nSPS) is 10.8. The molecule has 0 aliphatic heterocycles. The van der Waals surface area contributed by atoms with E-state index in [0.29, 0.717) is 6.54 Å². The van der Waals surface area contributed by atoms with Gasteiger partial charge in [-0.15, -0.1) is 0 Å². The smallest absolute Gasteiger partial charge is 0.125 e. The molecule has 74 valence electrons. The number of benzene rings is 1. The molecule has 0 radical (unpaired) electrons. The summed E-state index contributed by atoms with van der Waals surface area (Å²) < 4.78 is 5.22. The van der Waals surface area contributed by atoms with E-state index in [9.17, 15) is 0 Å². The van der Waals surface area contributed by atoms with Gasteiger partial charge in [0, 0.05) is 29.3 Å². The SMILES string of the molecule is COc1cc2n[nH]c(C)c2cc1CN. The second kappa shape index (κ2) is 3.31. The van der Waals surface area contributed by atoms with Gasteiger partial charge in [0.05, 0.1) is 12.6 Å². The van der Waals surface area contributed by atoms with Crippen LogP contribution >= 0.6 is 0 Å². The molecule has 2 aromatic rings. The number of aryl methyl sites for hydroxylation is 1. The number of hydrogen-bond donors (Lipinski definition) is 2. The molecule has 0 aliphatic carbocycles. The molecule has 4 nitrogen and oxygen atoms in total. The fourth-order valence-corrected chi connectivity index (χ4v) is 1.56. The molecule has 3 N–H and O–H groups in total. The van der Waals surface area contributed by atoms with Gasteiger partial charge in [0.25, 0.3) is 0 Å². The molecule has 2 rings (SSSR count). The summed E-state index contributed by atoms with van der Waals surface area (Å²) in [6.07, 6.45) is 0. The minimum atomic E-state index is 0.476. The number of fused-ring (bicyclic) bond motifs is 1. The number of hydrogen-bond acceptors (Lipinski definition) is 3. The highest BCUT2D eigenvalue weighted by molar-refractivity contribution is 5.83. The van der Waals surface area contributed by atoms with Gasteiger partial charge in [-0.1, -0.05) is 0 Å². The maximum atomic E-state index is 5.63. The summed E-state index contributed by atoms with van der Waals surface area (Å²) in [5.74, 6) is 0.798. The number of aromatic amines is 1. The molecule has 4 heteroatoms. The zero-order chi connectivity index (χ0) is 10.1. The van der Waals surface area contributed by atoms with Crippen molar-refractivity contribution in [3.05, 3.63) is 23.4 Å². The lowest BCUT2D eigenvalue weighted by molar-refractivity contribution is 0.410. The van der Waals surface area contributed by atoms with Crippen LogP contribution in [0.15, 0.2) is 12.1 Å². The second-order valence-electron chi connectivity index (χ2n) is 3.23. The summed E-state index contributed by atoms with van der Waals surface area (Å²) in [4.78, 5) is 0. The van der Waals surface area contributed by atoms with Gasteiger partial charge in [-0.2, -0.15) is 5.10 Å². The molecule has 1 heterocycles. The summed E-state index contributed by atoms with van der Waals surface area (Å²) in [7, 11) is 1.64. The molecule has 14 heavy (non-hydrogen) atoms. The van der Waals surface area contributed by atoms with Gasteiger partial charge in [-0.3, -0.25) is 5.10 Å². The molecule has 0 amide bonds. The minimum absolute atomic E-state index is 0.476. The maximum Gasteiger partial charge on any atom is 0.125 e. The molecule has 0 aliphatic rings. The third-order valence-electron chi connectivity index (χ3n) is 2.37. The first kappa shape index (κ1) is 9.02. The average Bonchev–Trinajstić information content (AvgIpc) is 2.58. The number of rotatable bonds is 2. The number of ether oxygens (including phenoxy) is 1. The predicted octanol–water partition coefficient (Wildman–Crippen LogP) is 1.34. The Morgan fingerprint density at radius 2 is 2.29 bits per heavy atom. The van der Waals surface area contributed by atoms with Crippen molar-refractivity contribution in [2.75, 3.05) is 7.11 Å². The van der Waals surface area contributed by atoms with Crippen molar-refractivity contribution in [2.45, 2.75) is 13.5 Å². The topological polar surface area (TPSA) is 63.9 Å². The fraction of sp³-hybridized carbons (Fsp3) is 0.300. The highest BCUT2D eigenvalue weighted by Gasteiger charge is 2.07. The number of nitrogens with one attached hydrogen (secondary N) is 1. The van der Waals surface area contributed by atoms with Crippen molar-refractivity contribution in [3.8, 4) is 5.75 Å². The lowest BCUT2D eigenvalue weighted by Gasteiger charge is -2.05. The zero-order valence-electron chi connectivity index (χ0n) is 8.29. The Bertz CT molecular complexity index is 462. The first-order valence-electron chi connectivity index (χ1n) is 4.48.